The minimum atomic E-state index is -1.09. The molecule has 0 bridgehead atoms. The Kier molecular flexibility index (Phi) is 8.58. The van der Waals surface area contributed by atoms with Crippen LogP contribution in [0.4, 0.5) is 0 Å². The fourth-order valence-electron chi connectivity index (χ4n) is 3.97. The Balaban J connectivity index is 1.81. The van der Waals surface area contributed by atoms with E-state index >= 15 is 0 Å². The van der Waals surface area contributed by atoms with E-state index in [1.165, 1.54) is 29.9 Å². The van der Waals surface area contributed by atoms with Crippen molar-refractivity contribution in [2.45, 2.75) is 63.7 Å². The number of aliphatic carboxylic acids is 1. The van der Waals surface area contributed by atoms with Crippen molar-refractivity contribution in [3.05, 3.63) is 36.4 Å². The second-order valence-electron chi connectivity index (χ2n) is 8.98. The lowest BCUT2D eigenvalue weighted by atomic mass is 10.0. The van der Waals surface area contributed by atoms with E-state index in [9.17, 15) is 24.3 Å². The fourth-order valence-corrected chi connectivity index (χ4v) is 3.97. The summed E-state index contributed by atoms with van der Waals surface area (Å²) in [5.74, 6) is -2.85. The summed E-state index contributed by atoms with van der Waals surface area (Å²) >= 11 is 0. The number of nitrogens with zero attached hydrogens (tertiary/aromatic N) is 3. The van der Waals surface area contributed by atoms with Gasteiger partial charge < -0.3 is 36.3 Å². The number of nitrogens with two attached hydrogens (primary N) is 1. The Hall–Kier alpha value is -3.74. The number of H-pyrrole nitrogens is 2. The average Bonchev–Trinajstić information content (AvgIpc) is 3.59. The molecule has 2 aromatic rings. The van der Waals surface area contributed by atoms with Crippen LogP contribution >= 0.6 is 0 Å². The van der Waals surface area contributed by atoms with E-state index in [4.69, 9.17) is 5.73 Å². The van der Waals surface area contributed by atoms with Crippen molar-refractivity contribution in [1.82, 2.24) is 35.5 Å². The average molecular weight is 489 g/mol. The number of nitrogens with one attached hydrogen (secondary N) is 4. The number of likely N-dealkylation sites (tertiary alicyclic amines) is 1. The molecule has 3 amide bonds. The van der Waals surface area contributed by atoms with Crippen LogP contribution in [0.2, 0.25) is 0 Å². The first-order valence-corrected chi connectivity index (χ1v) is 11.5. The number of aromatic nitrogens is 4. The monoisotopic (exact) mass is 488 g/mol. The van der Waals surface area contributed by atoms with Gasteiger partial charge in [0.05, 0.1) is 18.7 Å². The number of amides is 3. The van der Waals surface area contributed by atoms with Gasteiger partial charge in [-0.3, -0.25) is 14.4 Å². The molecule has 35 heavy (non-hydrogen) atoms. The van der Waals surface area contributed by atoms with Gasteiger partial charge in [0.1, 0.15) is 18.1 Å². The lowest BCUT2D eigenvalue weighted by Crippen LogP contribution is -2.58. The molecule has 0 radical (unpaired) electrons. The van der Waals surface area contributed by atoms with Crippen molar-refractivity contribution in [3.8, 4) is 0 Å². The Morgan fingerprint density at radius 2 is 1.63 bits per heavy atom. The molecule has 13 nitrogen and oxygen atoms in total. The Bertz CT molecular complexity index is 1010. The van der Waals surface area contributed by atoms with Crippen molar-refractivity contribution in [2.75, 3.05) is 6.54 Å². The molecule has 2 aromatic heterocycles. The quantitative estimate of drug-likeness (QED) is 0.230. The number of carbonyl (C=O) groups is 4. The molecular formula is C22H32N8O5. The standard InChI is InChI=1S/C22H32N8O5/c1-12(2)18(23)20(32)28-15(6-13-8-24-10-26-13)19(31)29-16(7-14-9-25-11-27-14)21(33)30-5-3-4-17(30)22(34)35/h8-12,15-18H,3-7,23H2,1-2H3,(H,24,26)(H,25,27)(H,28,32)(H,29,31)(H,34,35). The summed E-state index contributed by atoms with van der Waals surface area (Å²) in [6.45, 7) is 3.87. The summed E-state index contributed by atoms with van der Waals surface area (Å²) in [4.78, 5) is 66.0. The van der Waals surface area contributed by atoms with Crippen LogP contribution in [0.25, 0.3) is 0 Å². The number of aromatic amines is 2. The number of carboxylic acid groups (broad SMARTS) is 1. The van der Waals surface area contributed by atoms with Gasteiger partial charge in [-0.2, -0.15) is 0 Å². The zero-order chi connectivity index (χ0) is 25.5. The third-order valence-electron chi connectivity index (χ3n) is 6.05. The third-order valence-corrected chi connectivity index (χ3v) is 6.05. The lowest BCUT2D eigenvalue weighted by Gasteiger charge is -2.29. The van der Waals surface area contributed by atoms with E-state index in [0.717, 1.165) is 0 Å². The molecule has 13 heteroatoms. The molecule has 1 saturated heterocycles. The van der Waals surface area contributed by atoms with Crippen LogP contribution in [0.5, 0.6) is 0 Å². The first-order chi connectivity index (χ1) is 16.7. The van der Waals surface area contributed by atoms with Crippen molar-refractivity contribution in [2.24, 2.45) is 11.7 Å². The van der Waals surface area contributed by atoms with Crippen LogP contribution in [0, 0.1) is 5.92 Å². The second kappa shape index (κ2) is 11.6. The molecular weight excluding hydrogens is 456 g/mol. The van der Waals surface area contributed by atoms with E-state index in [0.29, 0.717) is 24.2 Å². The topological polar surface area (TPSA) is 199 Å². The molecule has 3 rings (SSSR count). The zero-order valence-corrected chi connectivity index (χ0v) is 19.7. The van der Waals surface area contributed by atoms with Crippen LogP contribution in [0.3, 0.4) is 0 Å². The molecule has 0 aliphatic carbocycles. The van der Waals surface area contributed by atoms with E-state index in [-0.39, 0.29) is 25.3 Å². The van der Waals surface area contributed by atoms with Crippen LogP contribution in [0.1, 0.15) is 38.1 Å². The van der Waals surface area contributed by atoms with E-state index < -0.39 is 47.9 Å². The van der Waals surface area contributed by atoms with Gasteiger partial charge in [-0.15, -0.1) is 0 Å². The highest BCUT2D eigenvalue weighted by atomic mass is 16.4. The highest BCUT2D eigenvalue weighted by molar-refractivity contribution is 5.94. The summed E-state index contributed by atoms with van der Waals surface area (Å²) < 4.78 is 0. The van der Waals surface area contributed by atoms with E-state index in [2.05, 4.69) is 30.6 Å². The van der Waals surface area contributed by atoms with Gasteiger partial charge in [0, 0.05) is 43.2 Å². The zero-order valence-electron chi connectivity index (χ0n) is 19.7. The third kappa shape index (κ3) is 6.66. The largest absolute Gasteiger partial charge is 0.480 e. The molecule has 1 aliphatic rings. The Morgan fingerprint density at radius 3 is 2.14 bits per heavy atom. The number of rotatable bonds is 11. The normalized spacial score (nSPS) is 18.2. The number of imidazole rings is 2. The van der Waals surface area contributed by atoms with Crippen LogP contribution < -0.4 is 16.4 Å². The first kappa shape index (κ1) is 25.9. The maximum Gasteiger partial charge on any atom is 0.326 e. The van der Waals surface area contributed by atoms with Crippen molar-refractivity contribution in [1.29, 1.82) is 0 Å². The first-order valence-electron chi connectivity index (χ1n) is 11.5. The Morgan fingerprint density at radius 1 is 1.06 bits per heavy atom. The van der Waals surface area contributed by atoms with Crippen LogP contribution in [-0.4, -0.2) is 84.3 Å². The molecule has 7 N–H and O–H groups in total. The second-order valence-corrected chi connectivity index (χ2v) is 8.98. The number of hydrogen-bond acceptors (Lipinski definition) is 7. The van der Waals surface area contributed by atoms with Gasteiger partial charge >= 0.3 is 5.97 Å². The van der Waals surface area contributed by atoms with Gasteiger partial charge in [0.15, 0.2) is 0 Å². The predicted molar refractivity (Wildman–Crippen MR) is 124 cm³/mol. The van der Waals surface area contributed by atoms with Crippen molar-refractivity contribution in [3.63, 3.8) is 0 Å². The minimum absolute atomic E-state index is 0.0731. The summed E-state index contributed by atoms with van der Waals surface area (Å²) in [5.41, 5.74) is 7.15. The van der Waals surface area contributed by atoms with Crippen LogP contribution in [0.15, 0.2) is 25.0 Å². The summed E-state index contributed by atoms with van der Waals surface area (Å²) in [7, 11) is 0. The fraction of sp³-hybridized carbons (Fsp3) is 0.545. The molecule has 0 aromatic carbocycles. The molecule has 4 atom stereocenters. The smallest absolute Gasteiger partial charge is 0.326 e. The summed E-state index contributed by atoms with van der Waals surface area (Å²) in [5, 5.41) is 14.9. The highest BCUT2D eigenvalue weighted by Crippen LogP contribution is 2.19. The molecule has 190 valence electrons. The maximum absolute atomic E-state index is 13.4. The highest BCUT2D eigenvalue weighted by Gasteiger charge is 2.38. The van der Waals surface area contributed by atoms with Gasteiger partial charge in [-0.25, -0.2) is 14.8 Å². The van der Waals surface area contributed by atoms with E-state index in [1.807, 2.05) is 0 Å². The van der Waals surface area contributed by atoms with Crippen molar-refractivity contribution >= 4 is 23.7 Å². The number of hydrogen-bond donors (Lipinski definition) is 6. The van der Waals surface area contributed by atoms with Crippen LogP contribution in [-0.2, 0) is 32.0 Å². The summed E-state index contributed by atoms with van der Waals surface area (Å²) in [6.07, 6.45) is 7.02. The number of carbonyl (C=O) groups excluding carboxylic acids is 3. The number of carboxylic acids is 1. The Labute approximate surface area is 202 Å². The maximum atomic E-state index is 13.4. The van der Waals surface area contributed by atoms with Gasteiger partial charge in [-0.05, 0) is 18.8 Å². The molecule has 1 fully saturated rings. The molecule has 0 saturated carbocycles. The summed E-state index contributed by atoms with van der Waals surface area (Å²) in [6, 6.07) is -3.88. The van der Waals surface area contributed by atoms with Gasteiger partial charge in [-0.1, -0.05) is 13.8 Å². The predicted octanol–water partition coefficient (Wildman–Crippen LogP) is -1.05. The molecule has 4 unspecified atom stereocenters. The van der Waals surface area contributed by atoms with Crippen molar-refractivity contribution < 1.29 is 24.3 Å². The minimum Gasteiger partial charge on any atom is -0.480 e. The molecule has 1 aliphatic heterocycles. The molecule has 3 heterocycles. The van der Waals surface area contributed by atoms with Gasteiger partial charge in [0.25, 0.3) is 0 Å². The lowest BCUT2D eigenvalue weighted by molar-refractivity contribution is -0.149. The SMILES string of the molecule is CC(C)C(N)C(=O)NC(Cc1cnc[nH]1)C(=O)NC(Cc1cnc[nH]1)C(=O)N1CCCC1C(=O)O. The van der Waals surface area contributed by atoms with E-state index in [1.54, 1.807) is 13.8 Å². The molecule has 0 spiro atoms. The van der Waals surface area contributed by atoms with Gasteiger partial charge in [0.2, 0.25) is 17.7 Å².